The largest absolute Gasteiger partial charge is 0.454 e. The maximum atomic E-state index is 12.8. The predicted octanol–water partition coefficient (Wildman–Crippen LogP) is 2.85. The molecular formula is C22H24N2O5. The number of aryl methyl sites for hydroxylation is 1. The van der Waals surface area contributed by atoms with Crippen molar-refractivity contribution in [2.45, 2.75) is 25.8 Å². The highest BCUT2D eigenvalue weighted by Gasteiger charge is 2.25. The van der Waals surface area contributed by atoms with Gasteiger partial charge in [-0.1, -0.05) is 12.1 Å². The summed E-state index contributed by atoms with van der Waals surface area (Å²) in [4.78, 5) is 27.0. The lowest BCUT2D eigenvalue weighted by Gasteiger charge is -2.33. The Morgan fingerprint density at radius 1 is 1.14 bits per heavy atom. The molecular weight excluding hydrogens is 372 g/mol. The minimum Gasteiger partial charge on any atom is -0.454 e. The minimum absolute atomic E-state index is 0.0381. The van der Waals surface area contributed by atoms with Crippen LogP contribution in [0.5, 0.6) is 11.5 Å². The van der Waals surface area contributed by atoms with Crippen molar-refractivity contribution in [1.29, 1.82) is 0 Å². The number of ether oxygens (including phenoxy) is 3. The molecule has 2 aliphatic heterocycles. The van der Waals surface area contributed by atoms with Crippen LogP contribution in [0, 0.1) is 0 Å². The average Bonchev–Trinajstić information content (AvgIpc) is 3.20. The van der Waals surface area contributed by atoms with E-state index in [-0.39, 0.29) is 24.6 Å². The summed E-state index contributed by atoms with van der Waals surface area (Å²) in [6.07, 6.45) is 0.921. The van der Waals surface area contributed by atoms with Crippen LogP contribution in [0.25, 0.3) is 0 Å². The monoisotopic (exact) mass is 396 g/mol. The number of amides is 2. The van der Waals surface area contributed by atoms with Gasteiger partial charge in [-0.3, -0.25) is 9.59 Å². The molecule has 1 unspecified atom stereocenters. The third-order valence-corrected chi connectivity index (χ3v) is 5.10. The van der Waals surface area contributed by atoms with E-state index in [1.165, 1.54) is 0 Å². The van der Waals surface area contributed by atoms with Crippen LogP contribution >= 0.6 is 0 Å². The second kappa shape index (κ2) is 8.53. The van der Waals surface area contributed by atoms with Crippen LogP contribution in [0.2, 0.25) is 0 Å². The number of nitrogens with one attached hydrogen (secondary N) is 1. The van der Waals surface area contributed by atoms with Crippen molar-refractivity contribution in [3.8, 4) is 11.5 Å². The Balaban J connectivity index is 1.35. The molecule has 1 saturated heterocycles. The van der Waals surface area contributed by atoms with Gasteiger partial charge >= 0.3 is 0 Å². The van der Waals surface area contributed by atoms with Gasteiger partial charge in [0.25, 0.3) is 5.91 Å². The third kappa shape index (κ3) is 4.51. The molecule has 7 heteroatoms. The molecule has 7 nitrogen and oxygen atoms in total. The van der Waals surface area contributed by atoms with Crippen LogP contribution in [0.1, 0.15) is 29.3 Å². The van der Waals surface area contributed by atoms with E-state index in [0.29, 0.717) is 49.6 Å². The highest BCUT2D eigenvalue weighted by Crippen LogP contribution is 2.32. The molecule has 2 aromatic carbocycles. The van der Waals surface area contributed by atoms with Crippen molar-refractivity contribution in [2.75, 3.05) is 31.9 Å². The summed E-state index contributed by atoms with van der Waals surface area (Å²) in [6.45, 7) is 3.87. The van der Waals surface area contributed by atoms with E-state index in [9.17, 15) is 9.59 Å². The molecule has 4 rings (SSSR count). The molecule has 0 aliphatic carbocycles. The van der Waals surface area contributed by atoms with E-state index in [4.69, 9.17) is 14.2 Å². The minimum atomic E-state index is -0.105. The molecule has 0 aromatic heterocycles. The van der Waals surface area contributed by atoms with Gasteiger partial charge in [0.2, 0.25) is 12.7 Å². The summed E-state index contributed by atoms with van der Waals surface area (Å²) in [6, 6.07) is 12.8. The number of rotatable bonds is 5. The zero-order chi connectivity index (χ0) is 20.2. The fourth-order valence-electron chi connectivity index (χ4n) is 3.50. The van der Waals surface area contributed by atoms with E-state index >= 15 is 0 Å². The van der Waals surface area contributed by atoms with Gasteiger partial charge in [-0.2, -0.15) is 0 Å². The van der Waals surface area contributed by atoms with Gasteiger partial charge < -0.3 is 24.4 Å². The van der Waals surface area contributed by atoms with Crippen molar-refractivity contribution in [2.24, 2.45) is 0 Å². The van der Waals surface area contributed by atoms with Crippen LogP contribution in [0.15, 0.2) is 42.5 Å². The molecule has 29 heavy (non-hydrogen) atoms. The van der Waals surface area contributed by atoms with Gasteiger partial charge in [0.1, 0.15) is 0 Å². The number of fused-ring (bicyclic) bond motifs is 1. The first-order chi connectivity index (χ1) is 14.1. The maximum Gasteiger partial charge on any atom is 0.254 e. The Bertz CT molecular complexity index is 914. The van der Waals surface area contributed by atoms with Crippen LogP contribution in [0.3, 0.4) is 0 Å². The third-order valence-electron chi connectivity index (χ3n) is 5.10. The molecule has 1 fully saturated rings. The summed E-state index contributed by atoms with van der Waals surface area (Å²) in [5.41, 5.74) is 2.19. The van der Waals surface area contributed by atoms with Gasteiger partial charge in [0.05, 0.1) is 19.3 Å². The van der Waals surface area contributed by atoms with Gasteiger partial charge in [-0.25, -0.2) is 0 Å². The standard InChI is InChI=1S/C22H24N2O5/c1-15-13-27-10-9-24(15)22(26)17-3-2-4-18(12-17)23-21(25)8-6-16-5-7-19-20(11-16)29-14-28-19/h2-5,7,11-12,15H,6,8-10,13-14H2,1H3,(H,23,25). The summed E-state index contributed by atoms with van der Waals surface area (Å²) in [7, 11) is 0. The Kier molecular flexibility index (Phi) is 5.67. The van der Waals surface area contributed by atoms with Crippen molar-refractivity contribution >= 4 is 17.5 Å². The van der Waals surface area contributed by atoms with Crippen LogP contribution in [0.4, 0.5) is 5.69 Å². The van der Waals surface area contributed by atoms with Crippen molar-refractivity contribution < 1.29 is 23.8 Å². The molecule has 2 aliphatic rings. The number of hydrogen-bond donors (Lipinski definition) is 1. The summed E-state index contributed by atoms with van der Waals surface area (Å²) < 4.78 is 16.1. The molecule has 1 atom stereocenters. The number of benzene rings is 2. The Hall–Kier alpha value is -3.06. The lowest BCUT2D eigenvalue weighted by molar-refractivity contribution is -0.116. The average molecular weight is 396 g/mol. The number of hydrogen-bond acceptors (Lipinski definition) is 5. The van der Waals surface area contributed by atoms with E-state index in [2.05, 4.69) is 5.32 Å². The molecule has 0 bridgehead atoms. The summed E-state index contributed by atoms with van der Waals surface area (Å²) in [5, 5.41) is 2.88. The zero-order valence-corrected chi connectivity index (χ0v) is 16.3. The topological polar surface area (TPSA) is 77.1 Å². The van der Waals surface area contributed by atoms with E-state index in [0.717, 1.165) is 11.3 Å². The smallest absolute Gasteiger partial charge is 0.254 e. The number of morpholine rings is 1. The number of carbonyl (C=O) groups is 2. The van der Waals surface area contributed by atoms with Crippen molar-refractivity contribution in [3.05, 3.63) is 53.6 Å². The fourth-order valence-corrected chi connectivity index (χ4v) is 3.50. The molecule has 0 radical (unpaired) electrons. The number of nitrogens with zero attached hydrogens (tertiary/aromatic N) is 1. The highest BCUT2D eigenvalue weighted by molar-refractivity contribution is 5.97. The normalized spacial score (nSPS) is 17.8. The lowest BCUT2D eigenvalue weighted by Crippen LogP contribution is -2.47. The van der Waals surface area contributed by atoms with Gasteiger partial charge in [0, 0.05) is 24.2 Å². The van der Waals surface area contributed by atoms with Crippen LogP contribution < -0.4 is 14.8 Å². The lowest BCUT2D eigenvalue weighted by atomic mass is 10.1. The molecule has 152 valence electrons. The van der Waals surface area contributed by atoms with Gasteiger partial charge in [0.15, 0.2) is 11.5 Å². The van der Waals surface area contributed by atoms with E-state index < -0.39 is 0 Å². The Labute approximate surface area is 169 Å². The highest BCUT2D eigenvalue weighted by atomic mass is 16.7. The molecule has 2 aromatic rings. The first-order valence-corrected chi connectivity index (χ1v) is 9.77. The molecule has 1 N–H and O–H groups in total. The van der Waals surface area contributed by atoms with Gasteiger partial charge in [-0.15, -0.1) is 0 Å². The SMILES string of the molecule is CC1COCCN1C(=O)c1cccc(NC(=O)CCc2ccc3c(c2)OCO3)c1. The van der Waals surface area contributed by atoms with E-state index in [1.54, 1.807) is 24.3 Å². The molecule has 0 spiro atoms. The van der Waals surface area contributed by atoms with Crippen molar-refractivity contribution in [3.63, 3.8) is 0 Å². The zero-order valence-electron chi connectivity index (χ0n) is 16.3. The maximum absolute atomic E-state index is 12.8. The van der Waals surface area contributed by atoms with Crippen LogP contribution in [-0.4, -0.2) is 49.3 Å². The second-order valence-corrected chi connectivity index (χ2v) is 7.24. The number of carbonyl (C=O) groups excluding carboxylic acids is 2. The predicted molar refractivity (Wildman–Crippen MR) is 107 cm³/mol. The Morgan fingerprint density at radius 2 is 2.00 bits per heavy atom. The first-order valence-electron chi connectivity index (χ1n) is 9.77. The second-order valence-electron chi connectivity index (χ2n) is 7.24. The molecule has 2 amide bonds. The Morgan fingerprint density at radius 3 is 2.86 bits per heavy atom. The van der Waals surface area contributed by atoms with Crippen LogP contribution in [-0.2, 0) is 16.0 Å². The quantitative estimate of drug-likeness (QED) is 0.841. The van der Waals surface area contributed by atoms with Crippen molar-refractivity contribution in [1.82, 2.24) is 4.90 Å². The molecule has 0 saturated carbocycles. The van der Waals surface area contributed by atoms with Gasteiger partial charge in [-0.05, 0) is 49.2 Å². The molecule has 2 heterocycles. The number of anilines is 1. The summed E-state index contributed by atoms with van der Waals surface area (Å²) >= 11 is 0. The summed E-state index contributed by atoms with van der Waals surface area (Å²) in [5.74, 6) is 1.30. The first kappa shape index (κ1) is 19.3. The van der Waals surface area contributed by atoms with E-state index in [1.807, 2.05) is 30.0 Å². The fraction of sp³-hybridized carbons (Fsp3) is 0.364.